The van der Waals surface area contributed by atoms with Crippen molar-refractivity contribution < 1.29 is 49.3 Å². The number of nitrogens with one attached hydrogen (secondary N) is 1. The normalized spacial score (nSPS) is 18.2. The van der Waals surface area contributed by atoms with Crippen LogP contribution in [0, 0.1) is 0 Å². The smallest absolute Gasteiger partial charge is 0.305 e. The lowest BCUT2D eigenvalue weighted by atomic mass is 9.99. The molecule has 7 unspecified atom stereocenters. The first kappa shape index (κ1) is 81.6. The van der Waals surface area contributed by atoms with Crippen molar-refractivity contribution in [3.05, 3.63) is 48.6 Å². The Morgan fingerprint density at radius 2 is 0.802 bits per heavy atom. The van der Waals surface area contributed by atoms with Gasteiger partial charge in [0.1, 0.15) is 24.4 Å². The molecule has 11 heteroatoms. The van der Waals surface area contributed by atoms with Gasteiger partial charge in [0.05, 0.1) is 32.0 Å². The van der Waals surface area contributed by atoms with Gasteiger partial charge in [0, 0.05) is 12.8 Å². The number of rotatable bonds is 65. The summed E-state index contributed by atoms with van der Waals surface area (Å²) in [5.41, 5.74) is 0. The maximum atomic E-state index is 13.0. The summed E-state index contributed by atoms with van der Waals surface area (Å²) < 4.78 is 16.7. The molecule has 1 fully saturated rings. The summed E-state index contributed by atoms with van der Waals surface area (Å²) in [7, 11) is 0. The quantitative estimate of drug-likeness (QED) is 0.0195. The number of allylic oxidation sites excluding steroid dienone is 7. The van der Waals surface area contributed by atoms with Crippen LogP contribution in [0.5, 0.6) is 0 Å². The maximum absolute atomic E-state index is 13.0. The van der Waals surface area contributed by atoms with E-state index in [-0.39, 0.29) is 18.5 Å². The van der Waals surface area contributed by atoms with Gasteiger partial charge in [-0.05, 0) is 83.5 Å². The Hall–Kier alpha value is -2.38. The molecule has 11 nitrogen and oxygen atoms in total. The Balaban J connectivity index is 1.90. The number of carbonyl (C=O) groups is 2. The predicted octanol–water partition coefficient (Wildman–Crippen LogP) is 19.1. The number of hydrogen-bond acceptors (Lipinski definition) is 10. The topological polar surface area (TPSA) is 175 Å². The number of aliphatic hydroxyl groups is 5. The van der Waals surface area contributed by atoms with Gasteiger partial charge in [0.15, 0.2) is 6.29 Å². The first-order valence-corrected chi connectivity index (χ1v) is 36.9. The molecule has 86 heavy (non-hydrogen) atoms. The molecule has 0 bridgehead atoms. The zero-order valence-electron chi connectivity index (χ0n) is 56.0. The second-order valence-corrected chi connectivity index (χ2v) is 25.6. The molecule has 0 aliphatic carbocycles. The van der Waals surface area contributed by atoms with Crippen molar-refractivity contribution in [1.29, 1.82) is 0 Å². The second-order valence-electron chi connectivity index (χ2n) is 25.6. The lowest BCUT2D eigenvalue weighted by Crippen LogP contribution is -2.60. The molecule has 0 spiro atoms. The van der Waals surface area contributed by atoms with E-state index in [1.54, 1.807) is 6.08 Å². The van der Waals surface area contributed by atoms with E-state index < -0.39 is 49.5 Å². The molecule has 1 aliphatic rings. The fourth-order valence-corrected chi connectivity index (χ4v) is 11.6. The number of amides is 1. The standard InChI is InChI=1S/C75H139NO10/c1-3-5-7-9-11-13-15-39-43-47-51-55-59-63-71(80)84-64-60-56-52-48-44-41-38-36-34-32-30-28-26-24-22-20-18-16-17-19-21-23-25-27-29-31-33-35-37-40-42-46-50-54-58-62-70(79)76-67(66-85-75-74(83)73(82)72(81)69(65-77)86-75)68(78)61-57-53-49-45-14-12-10-8-6-4-2/h7,9,13,15,18,20,57,61,67-69,72-75,77-78,81-83H,3-6,8,10-12,14,16-17,19,21-56,58-60,62-66H2,1-2H3,(H,76,79)/b9-7-,15-13-,20-18-,61-57+. The number of aliphatic hydroxyl groups excluding tert-OH is 5. The lowest BCUT2D eigenvalue weighted by Gasteiger charge is -2.40. The van der Waals surface area contributed by atoms with Gasteiger partial charge in [-0.25, -0.2) is 0 Å². The Bertz CT molecular complexity index is 1570. The van der Waals surface area contributed by atoms with Crippen molar-refractivity contribution in [2.45, 2.75) is 397 Å². The number of esters is 1. The summed E-state index contributed by atoms with van der Waals surface area (Å²) >= 11 is 0. The lowest BCUT2D eigenvalue weighted by molar-refractivity contribution is -0.302. The van der Waals surface area contributed by atoms with Crippen LogP contribution in [0.15, 0.2) is 48.6 Å². The van der Waals surface area contributed by atoms with E-state index in [1.165, 1.54) is 263 Å². The molecule has 1 amide bonds. The van der Waals surface area contributed by atoms with E-state index in [9.17, 15) is 35.1 Å². The van der Waals surface area contributed by atoms with Crippen molar-refractivity contribution in [2.24, 2.45) is 0 Å². The number of ether oxygens (including phenoxy) is 3. The van der Waals surface area contributed by atoms with Crippen molar-refractivity contribution in [1.82, 2.24) is 5.32 Å². The molecule has 0 aromatic rings. The van der Waals surface area contributed by atoms with Crippen LogP contribution >= 0.6 is 0 Å². The van der Waals surface area contributed by atoms with Gasteiger partial charge in [0.2, 0.25) is 5.91 Å². The molecule has 7 atom stereocenters. The third-order valence-electron chi connectivity index (χ3n) is 17.4. The summed E-state index contributed by atoms with van der Waals surface area (Å²) in [4.78, 5) is 25.1. The van der Waals surface area contributed by atoms with Crippen molar-refractivity contribution in [3.8, 4) is 0 Å². The molecule has 1 saturated heterocycles. The van der Waals surface area contributed by atoms with E-state index in [0.29, 0.717) is 19.4 Å². The zero-order chi connectivity index (χ0) is 62.3. The molecule has 0 aromatic carbocycles. The van der Waals surface area contributed by atoms with E-state index in [1.807, 2.05) is 6.08 Å². The average Bonchev–Trinajstić information content (AvgIpc) is 2.58. The van der Waals surface area contributed by atoms with E-state index in [0.717, 1.165) is 64.2 Å². The fraction of sp³-hybridized carbons (Fsp3) is 0.867. The largest absolute Gasteiger partial charge is 0.466 e. The number of unbranched alkanes of at least 4 members (excludes halogenated alkanes) is 45. The molecule has 1 aliphatic heterocycles. The predicted molar refractivity (Wildman–Crippen MR) is 361 cm³/mol. The van der Waals surface area contributed by atoms with Gasteiger partial charge in [-0.3, -0.25) is 9.59 Å². The average molecular weight is 1210 g/mol. The van der Waals surface area contributed by atoms with Crippen LogP contribution in [0.25, 0.3) is 0 Å². The minimum absolute atomic E-state index is 0.00191. The van der Waals surface area contributed by atoms with Crippen LogP contribution < -0.4 is 5.32 Å². The monoisotopic (exact) mass is 1210 g/mol. The molecule has 0 saturated carbocycles. The van der Waals surface area contributed by atoms with Crippen molar-refractivity contribution in [2.75, 3.05) is 19.8 Å². The summed E-state index contributed by atoms with van der Waals surface area (Å²) in [6.45, 7) is 4.29. The molecule has 504 valence electrons. The molecule has 1 rings (SSSR count). The van der Waals surface area contributed by atoms with Crippen LogP contribution in [0.4, 0.5) is 0 Å². The van der Waals surface area contributed by atoms with Crippen molar-refractivity contribution in [3.63, 3.8) is 0 Å². The van der Waals surface area contributed by atoms with Crippen LogP contribution in [0.2, 0.25) is 0 Å². The summed E-state index contributed by atoms with van der Waals surface area (Å²) in [5, 5.41) is 54.4. The highest BCUT2D eigenvalue weighted by Gasteiger charge is 2.44. The van der Waals surface area contributed by atoms with Crippen LogP contribution in [-0.2, 0) is 23.8 Å². The Morgan fingerprint density at radius 3 is 1.23 bits per heavy atom. The van der Waals surface area contributed by atoms with Gasteiger partial charge in [-0.1, -0.05) is 306 Å². The Kier molecular flexibility index (Phi) is 60.9. The SMILES string of the molecule is CCC/C=C\C/C=C\CCCCCCCC(=O)OCCCCCCCCCCCCCCCC/C=C\CCCCCCCCCCCCCCCCCCCC(=O)NC(COC1OC(CO)C(O)C(O)C1O)C(O)/C=C/CCCCCCCCCC. The van der Waals surface area contributed by atoms with E-state index >= 15 is 0 Å². The molecule has 0 aromatic heterocycles. The number of hydrogen-bond donors (Lipinski definition) is 6. The van der Waals surface area contributed by atoms with Gasteiger partial charge in [-0.2, -0.15) is 0 Å². The molecule has 0 radical (unpaired) electrons. The zero-order valence-corrected chi connectivity index (χ0v) is 56.0. The summed E-state index contributed by atoms with van der Waals surface area (Å²) in [6, 6.07) is -0.806. The van der Waals surface area contributed by atoms with Crippen LogP contribution in [-0.4, -0.2) is 100 Å². The van der Waals surface area contributed by atoms with Gasteiger partial charge in [0.25, 0.3) is 0 Å². The second kappa shape index (κ2) is 64.2. The third kappa shape index (κ3) is 52.4. The van der Waals surface area contributed by atoms with Gasteiger partial charge < -0.3 is 45.1 Å². The van der Waals surface area contributed by atoms with Crippen LogP contribution in [0.1, 0.15) is 354 Å². The Morgan fingerprint density at radius 1 is 0.430 bits per heavy atom. The summed E-state index contributed by atoms with van der Waals surface area (Å²) in [5.74, 6) is -0.180. The third-order valence-corrected chi connectivity index (χ3v) is 17.4. The highest BCUT2D eigenvalue weighted by molar-refractivity contribution is 5.76. The molecular formula is C75H139NO10. The number of carbonyl (C=O) groups excluding carboxylic acids is 2. The first-order chi connectivity index (χ1) is 42.2. The van der Waals surface area contributed by atoms with E-state index in [2.05, 4.69) is 55.6 Å². The summed E-state index contributed by atoms with van der Waals surface area (Å²) in [6.07, 6.45) is 74.2. The fourth-order valence-electron chi connectivity index (χ4n) is 11.6. The minimum atomic E-state index is -1.57. The molecular weight excluding hydrogens is 1070 g/mol. The van der Waals surface area contributed by atoms with Crippen LogP contribution in [0.3, 0.4) is 0 Å². The van der Waals surface area contributed by atoms with Gasteiger partial charge in [-0.15, -0.1) is 0 Å². The van der Waals surface area contributed by atoms with Gasteiger partial charge >= 0.3 is 5.97 Å². The first-order valence-electron chi connectivity index (χ1n) is 36.9. The highest BCUT2D eigenvalue weighted by atomic mass is 16.7. The molecule has 1 heterocycles. The maximum Gasteiger partial charge on any atom is 0.305 e. The Labute approximate surface area is 529 Å². The highest BCUT2D eigenvalue weighted by Crippen LogP contribution is 2.23. The van der Waals surface area contributed by atoms with Crippen molar-refractivity contribution >= 4 is 11.9 Å². The minimum Gasteiger partial charge on any atom is -0.466 e. The van der Waals surface area contributed by atoms with E-state index in [4.69, 9.17) is 14.2 Å². The molecule has 6 N–H and O–H groups in total.